The van der Waals surface area contributed by atoms with E-state index in [9.17, 15) is 0 Å². The second-order valence-corrected chi connectivity index (χ2v) is 8.61. The number of furan rings is 1. The van der Waals surface area contributed by atoms with Crippen LogP contribution in [0.15, 0.2) is 83.3 Å². The molecule has 0 radical (unpaired) electrons. The summed E-state index contributed by atoms with van der Waals surface area (Å²) < 4.78 is 8.86. The Bertz CT molecular complexity index is 1630. The molecule has 2 aromatic heterocycles. The van der Waals surface area contributed by atoms with Gasteiger partial charge in [-0.1, -0.05) is 68.4 Å². The molecule has 29 heavy (non-hydrogen) atoms. The maximum Gasteiger partial charge on any atom is 0.145 e. The molecule has 0 amide bonds. The van der Waals surface area contributed by atoms with Gasteiger partial charge in [0.2, 0.25) is 0 Å². The molecular formula is C27H19NO. The van der Waals surface area contributed by atoms with Gasteiger partial charge in [-0.2, -0.15) is 0 Å². The number of aromatic nitrogens is 1. The first kappa shape index (κ1) is 15.4. The fourth-order valence-corrected chi connectivity index (χ4v) is 5.43. The van der Waals surface area contributed by atoms with E-state index in [1.807, 2.05) is 6.07 Å². The molecule has 138 valence electrons. The Balaban J connectivity index is 1.80. The summed E-state index contributed by atoms with van der Waals surface area (Å²) in [5, 5.41) is 4.84. The van der Waals surface area contributed by atoms with Crippen LogP contribution in [0, 0.1) is 0 Å². The van der Waals surface area contributed by atoms with Crippen molar-refractivity contribution in [3.05, 3.63) is 90.0 Å². The van der Waals surface area contributed by atoms with Gasteiger partial charge in [0.1, 0.15) is 11.2 Å². The highest BCUT2D eigenvalue weighted by molar-refractivity contribution is 6.24. The minimum Gasteiger partial charge on any atom is -0.455 e. The van der Waals surface area contributed by atoms with Crippen LogP contribution >= 0.6 is 0 Å². The molecule has 1 aliphatic heterocycles. The van der Waals surface area contributed by atoms with Crippen molar-refractivity contribution >= 4 is 43.7 Å². The second kappa shape index (κ2) is 4.90. The molecule has 0 N–H and O–H groups in total. The zero-order valence-corrected chi connectivity index (χ0v) is 16.4. The predicted octanol–water partition coefficient (Wildman–Crippen LogP) is 7.32. The monoisotopic (exact) mass is 373 g/mol. The first-order valence-corrected chi connectivity index (χ1v) is 10.1. The number of fused-ring (bicyclic) bond motifs is 9. The van der Waals surface area contributed by atoms with E-state index >= 15 is 0 Å². The Labute approximate surface area is 168 Å². The SMILES string of the molecule is CC1(C)c2ccccc2-n2c3ccc4c5ccccc5oc4c3c3cccc1c32. The van der Waals surface area contributed by atoms with Gasteiger partial charge in [-0.25, -0.2) is 0 Å². The smallest absolute Gasteiger partial charge is 0.145 e. The third-order valence-corrected chi connectivity index (χ3v) is 6.79. The second-order valence-electron chi connectivity index (χ2n) is 8.61. The molecule has 7 rings (SSSR count). The van der Waals surface area contributed by atoms with Crippen molar-refractivity contribution in [3.8, 4) is 5.69 Å². The molecule has 0 saturated heterocycles. The first-order chi connectivity index (χ1) is 14.2. The van der Waals surface area contributed by atoms with E-state index in [0.717, 1.165) is 11.2 Å². The highest BCUT2D eigenvalue weighted by atomic mass is 16.3. The van der Waals surface area contributed by atoms with E-state index in [2.05, 4.69) is 91.2 Å². The van der Waals surface area contributed by atoms with Gasteiger partial charge in [-0.05, 0) is 35.4 Å². The fourth-order valence-electron chi connectivity index (χ4n) is 5.43. The van der Waals surface area contributed by atoms with Gasteiger partial charge in [0.05, 0.1) is 22.1 Å². The maximum atomic E-state index is 6.42. The zero-order chi connectivity index (χ0) is 19.3. The molecule has 0 spiro atoms. The highest BCUT2D eigenvalue weighted by Gasteiger charge is 2.35. The maximum absolute atomic E-state index is 6.42. The molecule has 2 nitrogen and oxygen atoms in total. The summed E-state index contributed by atoms with van der Waals surface area (Å²) in [6.07, 6.45) is 0. The van der Waals surface area contributed by atoms with Crippen molar-refractivity contribution in [2.75, 3.05) is 0 Å². The standard InChI is InChI=1S/C27H19NO/c1-27(2)19-10-4-5-12-21(19)28-22-15-14-17-16-8-3-6-13-23(16)29-26(17)24(22)18-9-7-11-20(27)25(18)28/h3-15H,1-2H3. The van der Waals surface area contributed by atoms with Gasteiger partial charge < -0.3 is 8.98 Å². The third kappa shape index (κ3) is 1.69. The quantitative estimate of drug-likeness (QED) is 0.273. The lowest BCUT2D eigenvalue weighted by atomic mass is 9.75. The van der Waals surface area contributed by atoms with Crippen LogP contribution in [0.5, 0.6) is 0 Å². The molecular weight excluding hydrogens is 354 g/mol. The summed E-state index contributed by atoms with van der Waals surface area (Å²) in [4.78, 5) is 0. The topological polar surface area (TPSA) is 18.1 Å². The van der Waals surface area contributed by atoms with E-state index in [1.165, 1.54) is 49.4 Å². The van der Waals surface area contributed by atoms with Crippen molar-refractivity contribution in [2.24, 2.45) is 0 Å². The van der Waals surface area contributed by atoms with Gasteiger partial charge in [0.15, 0.2) is 0 Å². The largest absolute Gasteiger partial charge is 0.455 e. The highest BCUT2D eigenvalue weighted by Crippen LogP contribution is 2.49. The Morgan fingerprint density at radius 2 is 1.45 bits per heavy atom. The molecule has 0 fully saturated rings. The molecule has 1 aliphatic rings. The molecule has 6 aromatic rings. The summed E-state index contributed by atoms with van der Waals surface area (Å²) in [5.41, 5.74) is 8.40. The van der Waals surface area contributed by atoms with Crippen LogP contribution in [0.3, 0.4) is 0 Å². The zero-order valence-electron chi connectivity index (χ0n) is 16.4. The lowest BCUT2D eigenvalue weighted by Crippen LogP contribution is -2.26. The van der Waals surface area contributed by atoms with Crippen molar-refractivity contribution < 1.29 is 4.42 Å². The molecule has 2 heteroatoms. The van der Waals surface area contributed by atoms with Crippen LogP contribution in [-0.4, -0.2) is 4.57 Å². The molecule has 3 heterocycles. The van der Waals surface area contributed by atoms with Crippen LogP contribution in [0.25, 0.3) is 49.4 Å². The summed E-state index contributed by atoms with van der Waals surface area (Å²) in [6.45, 7) is 4.66. The Hall–Kier alpha value is -3.52. The van der Waals surface area contributed by atoms with Crippen molar-refractivity contribution in [3.63, 3.8) is 0 Å². The van der Waals surface area contributed by atoms with Crippen LogP contribution in [0.4, 0.5) is 0 Å². The number of para-hydroxylation sites is 3. The van der Waals surface area contributed by atoms with Gasteiger partial charge >= 0.3 is 0 Å². The van der Waals surface area contributed by atoms with Crippen molar-refractivity contribution in [2.45, 2.75) is 19.3 Å². The molecule has 0 atom stereocenters. The van der Waals surface area contributed by atoms with Crippen LogP contribution in [-0.2, 0) is 5.41 Å². The van der Waals surface area contributed by atoms with Gasteiger partial charge in [-0.15, -0.1) is 0 Å². The number of hydrogen-bond acceptors (Lipinski definition) is 1. The fraction of sp³-hybridized carbons (Fsp3) is 0.111. The normalized spacial score (nSPS) is 14.8. The van der Waals surface area contributed by atoms with Crippen LogP contribution < -0.4 is 0 Å². The molecule has 4 aromatic carbocycles. The Kier molecular flexibility index (Phi) is 2.60. The summed E-state index contributed by atoms with van der Waals surface area (Å²) in [7, 11) is 0. The van der Waals surface area contributed by atoms with Crippen molar-refractivity contribution in [1.29, 1.82) is 0 Å². The number of benzene rings is 4. The Morgan fingerprint density at radius 3 is 2.38 bits per heavy atom. The van der Waals surface area contributed by atoms with Gasteiger partial charge in [-0.3, -0.25) is 0 Å². The third-order valence-electron chi connectivity index (χ3n) is 6.79. The van der Waals surface area contributed by atoms with Crippen molar-refractivity contribution in [1.82, 2.24) is 4.57 Å². The van der Waals surface area contributed by atoms with E-state index in [4.69, 9.17) is 4.42 Å². The minimum absolute atomic E-state index is 0.0481. The van der Waals surface area contributed by atoms with Crippen LogP contribution in [0.2, 0.25) is 0 Å². The molecule has 0 aliphatic carbocycles. The summed E-state index contributed by atoms with van der Waals surface area (Å²) in [5.74, 6) is 0. The van der Waals surface area contributed by atoms with E-state index < -0.39 is 0 Å². The van der Waals surface area contributed by atoms with Gasteiger partial charge in [0.25, 0.3) is 0 Å². The lowest BCUT2D eigenvalue weighted by molar-refractivity contribution is 0.630. The lowest BCUT2D eigenvalue weighted by Gasteiger charge is -2.34. The van der Waals surface area contributed by atoms with E-state index in [0.29, 0.717) is 0 Å². The average Bonchev–Trinajstić information content (AvgIpc) is 3.28. The summed E-state index contributed by atoms with van der Waals surface area (Å²) in [6, 6.07) is 28.3. The van der Waals surface area contributed by atoms with Crippen LogP contribution in [0.1, 0.15) is 25.0 Å². The number of rotatable bonds is 0. The van der Waals surface area contributed by atoms with E-state index in [-0.39, 0.29) is 5.41 Å². The molecule has 0 unspecified atom stereocenters. The molecule has 0 bridgehead atoms. The van der Waals surface area contributed by atoms with Gasteiger partial charge in [0, 0.05) is 21.6 Å². The Morgan fingerprint density at radius 1 is 0.690 bits per heavy atom. The first-order valence-electron chi connectivity index (χ1n) is 10.1. The number of hydrogen-bond donors (Lipinski definition) is 0. The number of nitrogens with zero attached hydrogens (tertiary/aromatic N) is 1. The minimum atomic E-state index is -0.0481. The molecule has 0 saturated carbocycles. The predicted molar refractivity (Wildman–Crippen MR) is 120 cm³/mol. The average molecular weight is 373 g/mol. The summed E-state index contributed by atoms with van der Waals surface area (Å²) >= 11 is 0. The van der Waals surface area contributed by atoms with E-state index in [1.54, 1.807) is 0 Å².